The smallest absolute Gasteiger partial charge is 0.326 e. The second-order valence-corrected chi connectivity index (χ2v) is 6.36. The van der Waals surface area contributed by atoms with E-state index in [2.05, 4.69) is 0 Å². The monoisotopic (exact) mass is 351 g/mol. The number of carbonyl (C=O) groups is 3. The number of fused-ring (bicyclic) bond motifs is 1. The second kappa shape index (κ2) is 6.32. The molecule has 1 fully saturated rings. The molecular formula is C16H18ClN3O4. The SMILES string of the molecule is CN1C(=O)C(CC(=O)N2CCOc3ccc(Cl)cc3C2)N(C)C1=O. The number of ether oxygens (including phenoxy) is 1. The van der Waals surface area contributed by atoms with Gasteiger partial charge in [-0.3, -0.25) is 14.5 Å². The first-order chi connectivity index (χ1) is 11.4. The van der Waals surface area contributed by atoms with Gasteiger partial charge in [0.15, 0.2) is 0 Å². The molecule has 0 bridgehead atoms. The Morgan fingerprint density at radius 3 is 2.75 bits per heavy atom. The van der Waals surface area contributed by atoms with Crippen LogP contribution in [0.15, 0.2) is 18.2 Å². The molecule has 0 saturated carbocycles. The highest BCUT2D eigenvalue weighted by molar-refractivity contribution is 6.30. The topological polar surface area (TPSA) is 70.2 Å². The van der Waals surface area contributed by atoms with Crippen molar-refractivity contribution in [3.63, 3.8) is 0 Å². The van der Waals surface area contributed by atoms with Gasteiger partial charge in [-0.25, -0.2) is 4.79 Å². The lowest BCUT2D eigenvalue weighted by molar-refractivity contribution is -0.136. The highest BCUT2D eigenvalue weighted by Crippen LogP contribution is 2.27. The van der Waals surface area contributed by atoms with Gasteiger partial charge in [0.2, 0.25) is 5.91 Å². The van der Waals surface area contributed by atoms with Gasteiger partial charge in [0.25, 0.3) is 5.91 Å². The van der Waals surface area contributed by atoms with Crippen LogP contribution in [0.5, 0.6) is 5.75 Å². The highest BCUT2D eigenvalue weighted by atomic mass is 35.5. The molecule has 1 atom stereocenters. The van der Waals surface area contributed by atoms with Crippen LogP contribution < -0.4 is 4.74 Å². The van der Waals surface area contributed by atoms with Gasteiger partial charge in [-0.15, -0.1) is 0 Å². The predicted molar refractivity (Wildman–Crippen MR) is 86.7 cm³/mol. The quantitative estimate of drug-likeness (QED) is 0.754. The summed E-state index contributed by atoms with van der Waals surface area (Å²) in [6.07, 6.45) is -0.0404. The van der Waals surface area contributed by atoms with Crippen LogP contribution in [0.25, 0.3) is 0 Å². The molecule has 128 valence electrons. The Morgan fingerprint density at radius 1 is 1.33 bits per heavy atom. The number of nitrogens with zero attached hydrogens (tertiary/aromatic N) is 3. The third-order valence-corrected chi connectivity index (χ3v) is 4.63. The number of amides is 4. The summed E-state index contributed by atoms with van der Waals surface area (Å²) < 4.78 is 5.64. The lowest BCUT2D eigenvalue weighted by Gasteiger charge is -2.23. The van der Waals surface area contributed by atoms with Crippen LogP contribution in [-0.4, -0.2) is 65.8 Å². The van der Waals surface area contributed by atoms with E-state index in [1.807, 2.05) is 0 Å². The van der Waals surface area contributed by atoms with Crippen LogP contribution in [0.2, 0.25) is 5.02 Å². The third kappa shape index (κ3) is 2.91. The fourth-order valence-electron chi connectivity index (χ4n) is 2.95. The summed E-state index contributed by atoms with van der Waals surface area (Å²) in [6, 6.07) is 4.15. The maximum atomic E-state index is 12.6. The number of likely N-dealkylation sites (N-methyl/N-ethyl adjacent to an activating group) is 2. The number of benzene rings is 1. The van der Waals surface area contributed by atoms with E-state index >= 15 is 0 Å². The van der Waals surface area contributed by atoms with Gasteiger partial charge in [0.05, 0.1) is 13.0 Å². The minimum absolute atomic E-state index is 0.0404. The van der Waals surface area contributed by atoms with E-state index in [1.54, 1.807) is 23.1 Å². The van der Waals surface area contributed by atoms with Gasteiger partial charge in [-0.05, 0) is 18.2 Å². The van der Waals surface area contributed by atoms with Crippen LogP contribution in [0.3, 0.4) is 0 Å². The Kier molecular flexibility index (Phi) is 4.36. The molecule has 1 aromatic carbocycles. The molecule has 0 N–H and O–H groups in total. The molecule has 1 saturated heterocycles. The molecule has 2 aliphatic heterocycles. The molecule has 1 unspecified atom stereocenters. The van der Waals surface area contributed by atoms with Gasteiger partial charge in [0, 0.05) is 31.2 Å². The number of urea groups is 1. The van der Waals surface area contributed by atoms with Crippen molar-refractivity contribution in [2.75, 3.05) is 27.2 Å². The first-order valence-electron chi connectivity index (χ1n) is 7.62. The zero-order chi connectivity index (χ0) is 17.4. The van der Waals surface area contributed by atoms with Gasteiger partial charge < -0.3 is 14.5 Å². The van der Waals surface area contributed by atoms with E-state index in [-0.39, 0.29) is 18.2 Å². The summed E-state index contributed by atoms with van der Waals surface area (Å²) in [6.45, 7) is 1.15. The average Bonchev–Trinajstić information content (AvgIpc) is 2.75. The van der Waals surface area contributed by atoms with Crippen molar-refractivity contribution < 1.29 is 19.1 Å². The first-order valence-corrected chi connectivity index (χ1v) is 7.99. The van der Waals surface area contributed by atoms with Crippen molar-refractivity contribution in [3.05, 3.63) is 28.8 Å². The largest absolute Gasteiger partial charge is 0.491 e. The number of hydrogen-bond donors (Lipinski definition) is 0. The maximum Gasteiger partial charge on any atom is 0.326 e. The molecule has 0 radical (unpaired) electrons. The zero-order valence-electron chi connectivity index (χ0n) is 13.5. The normalized spacial score (nSPS) is 20.8. The second-order valence-electron chi connectivity index (χ2n) is 5.93. The zero-order valence-corrected chi connectivity index (χ0v) is 14.2. The summed E-state index contributed by atoms with van der Waals surface area (Å²) in [5.41, 5.74) is 0.827. The number of halogens is 1. The summed E-state index contributed by atoms with van der Waals surface area (Å²) in [5, 5.41) is 0.574. The average molecular weight is 352 g/mol. The Bertz CT molecular complexity index is 709. The molecule has 0 aromatic heterocycles. The van der Waals surface area contributed by atoms with Crippen molar-refractivity contribution in [2.24, 2.45) is 0 Å². The van der Waals surface area contributed by atoms with E-state index in [4.69, 9.17) is 16.3 Å². The van der Waals surface area contributed by atoms with Crippen molar-refractivity contribution in [2.45, 2.75) is 19.0 Å². The maximum absolute atomic E-state index is 12.6. The van der Waals surface area contributed by atoms with E-state index in [1.165, 1.54) is 19.0 Å². The van der Waals surface area contributed by atoms with E-state index in [9.17, 15) is 14.4 Å². The molecular weight excluding hydrogens is 334 g/mol. The Balaban J connectivity index is 1.74. The molecule has 3 rings (SSSR count). The third-order valence-electron chi connectivity index (χ3n) is 4.39. The van der Waals surface area contributed by atoms with E-state index in [0.717, 1.165) is 10.5 Å². The van der Waals surface area contributed by atoms with E-state index in [0.29, 0.717) is 30.5 Å². The van der Waals surface area contributed by atoms with Gasteiger partial charge in [-0.2, -0.15) is 0 Å². The lowest BCUT2D eigenvalue weighted by atomic mass is 10.1. The molecule has 8 heteroatoms. The van der Waals surface area contributed by atoms with Crippen LogP contribution in [0.1, 0.15) is 12.0 Å². The van der Waals surface area contributed by atoms with Crippen molar-refractivity contribution in [1.29, 1.82) is 0 Å². The van der Waals surface area contributed by atoms with E-state index < -0.39 is 12.1 Å². The molecule has 0 spiro atoms. The molecule has 24 heavy (non-hydrogen) atoms. The number of hydrogen-bond acceptors (Lipinski definition) is 4. The highest BCUT2D eigenvalue weighted by Gasteiger charge is 2.42. The Morgan fingerprint density at radius 2 is 2.08 bits per heavy atom. The number of imide groups is 1. The molecule has 0 aliphatic carbocycles. The standard InChI is InChI=1S/C16H18ClN3O4/c1-18-12(15(22)19(2)16(18)23)8-14(21)20-5-6-24-13-4-3-11(17)7-10(13)9-20/h3-4,7,12H,5-6,8-9H2,1-2H3. The van der Waals surface area contributed by atoms with Crippen LogP contribution in [0.4, 0.5) is 4.79 Å². The van der Waals surface area contributed by atoms with Gasteiger partial charge in [0.1, 0.15) is 18.4 Å². The minimum Gasteiger partial charge on any atom is -0.491 e. The fraction of sp³-hybridized carbons (Fsp3) is 0.438. The van der Waals surface area contributed by atoms with Crippen molar-refractivity contribution in [3.8, 4) is 5.75 Å². The van der Waals surface area contributed by atoms with Crippen LogP contribution >= 0.6 is 11.6 Å². The van der Waals surface area contributed by atoms with Crippen molar-refractivity contribution >= 4 is 29.4 Å². The Labute approximate surface area is 144 Å². The van der Waals surface area contributed by atoms with Crippen molar-refractivity contribution in [1.82, 2.24) is 14.7 Å². The molecule has 4 amide bonds. The van der Waals surface area contributed by atoms with Gasteiger partial charge >= 0.3 is 6.03 Å². The lowest BCUT2D eigenvalue weighted by Crippen LogP contribution is -2.40. The minimum atomic E-state index is -0.752. The predicted octanol–water partition coefficient (Wildman–Crippen LogP) is 1.34. The summed E-state index contributed by atoms with van der Waals surface area (Å²) in [5.74, 6) is 0.156. The number of rotatable bonds is 2. The summed E-state index contributed by atoms with van der Waals surface area (Å²) in [4.78, 5) is 40.5. The van der Waals surface area contributed by atoms with Gasteiger partial charge in [-0.1, -0.05) is 11.6 Å². The summed E-state index contributed by atoms with van der Waals surface area (Å²) >= 11 is 6.01. The van der Waals surface area contributed by atoms with Crippen LogP contribution in [-0.2, 0) is 16.1 Å². The molecule has 7 nitrogen and oxygen atoms in total. The molecule has 1 aromatic rings. The summed E-state index contributed by atoms with van der Waals surface area (Å²) in [7, 11) is 2.95. The first kappa shape index (κ1) is 16.6. The van der Waals surface area contributed by atoms with Crippen LogP contribution in [0, 0.1) is 0 Å². The fourth-order valence-corrected chi connectivity index (χ4v) is 3.14. The number of carbonyl (C=O) groups excluding carboxylic acids is 3. The molecule has 2 aliphatic rings. The Hall–Kier alpha value is -2.28. The molecule has 2 heterocycles.